The van der Waals surface area contributed by atoms with Crippen LogP contribution in [-0.4, -0.2) is 36.5 Å². The van der Waals surface area contributed by atoms with Crippen molar-refractivity contribution in [3.8, 4) is 5.75 Å². The SMILES string of the molecule is CC(=NNC(=O)c1ccc(CN(C)S(=O)(=O)c2ccc(C)cc2)cc1)c1ccc(O)cc1. The molecule has 0 aliphatic carbocycles. The molecule has 2 N–H and O–H groups in total. The minimum absolute atomic E-state index is 0.156. The summed E-state index contributed by atoms with van der Waals surface area (Å²) in [6.45, 7) is 3.83. The molecule has 0 unspecified atom stereocenters. The van der Waals surface area contributed by atoms with E-state index in [0.717, 1.165) is 16.7 Å². The van der Waals surface area contributed by atoms with Gasteiger partial charge in [0.05, 0.1) is 10.6 Å². The zero-order valence-corrected chi connectivity index (χ0v) is 18.9. The standard InChI is InChI=1S/C24H25N3O4S/c1-17-4-14-23(15-5-17)32(30,31)27(3)16-19-6-8-21(9-7-19)24(29)26-25-18(2)20-10-12-22(28)13-11-20/h4-15,28H,16H2,1-3H3,(H,26,29). The number of hydrogen-bond acceptors (Lipinski definition) is 5. The summed E-state index contributed by atoms with van der Waals surface area (Å²) in [7, 11) is -2.08. The summed E-state index contributed by atoms with van der Waals surface area (Å²) in [5, 5.41) is 13.4. The van der Waals surface area contributed by atoms with Crippen LogP contribution in [0.5, 0.6) is 5.75 Å². The molecule has 0 aromatic heterocycles. The van der Waals surface area contributed by atoms with Crippen molar-refractivity contribution in [1.82, 2.24) is 9.73 Å². The number of carbonyl (C=O) groups excluding carboxylic acids is 1. The van der Waals surface area contributed by atoms with Crippen LogP contribution in [0.1, 0.15) is 34.0 Å². The van der Waals surface area contributed by atoms with Crippen molar-refractivity contribution in [2.45, 2.75) is 25.3 Å². The number of phenolic OH excluding ortho intramolecular Hbond substituents is 1. The van der Waals surface area contributed by atoms with E-state index in [-0.39, 0.29) is 23.1 Å². The Morgan fingerprint density at radius 2 is 1.50 bits per heavy atom. The number of phenols is 1. The fourth-order valence-corrected chi connectivity index (χ4v) is 4.12. The number of aryl methyl sites for hydroxylation is 1. The first kappa shape index (κ1) is 23.2. The lowest BCUT2D eigenvalue weighted by Crippen LogP contribution is -2.26. The predicted octanol–water partition coefficient (Wildman–Crippen LogP) is 3.68. The molecule has 0 atom stereocenters. The quantitative estimate of drug-likeness (QED) is 0.423. The van der Waals surface area contributed by atoms with E-state index in [2.05, 4.69) is 10.5 Å². The summed E-state index contributed by atoms with van der Waals surface area (Å²) in [5.74, 6) is -0.224. The van der Waals surface area contributed by atoms with Crippen LogP contribution in [0, 0.1) is 6.92 Å². The maximum Gasteiger partial charge on any atom is 0.271 e. The third-order valence-corrected chi connectivity index (χ3v) is 6.78. The molecule has 0 fully saturated rings. The van der Waals surface area contributed by atoms with Crippen LogP contribution >= 0.6 is 0 Å². The highest BCUT2D eigenvalue weighted by atomic mass is 32.2. The normalized spacial score (nSPS) is 12.1. The molecule has 0 saturated carbocycles. The predicted molar refractivity (Wildman–Crippen MR) is 124 cm³/mol. The third kappa shape index (κ3) is 5.60. The number of nitrogens with zero attached hydrogens (tertiary/aromatic N) is 2. The van der Waals surface area contributed by atoms with Gasteiger partial charge < -0.3 is 5.11 Å². The van der Waals surface area contributed by atoms with Crippen LogP contribution in [-0.2, 0) is 16.6 Å². The second-order valence-corrected chi connectivity index (χ2v) is 9.50. The number of rotatable bonds is 7. The molecular weight excluding hydrogens is 426 g/mol. The number of nitrogens with one attached hydrogen (secondary N) is 1. The highest BCUT2D eigenvalue weighted by Crippen LogP contribution is 2.18. The van der Waals surface area contributed by atoms with Crippen molar-refractivity contribution < 1.29 is 18.3 Å². The topological polar surface area (TPSA) is 99.1 Å². The molecule has 8 heteroatoms. The zero-order valence-electron chi connectivity index (χ0n) is 18.1. The van der Waals surface area contributed by atoms with Crippen molar-refractivity contribution in [2.24, 2.45) is 5.10 Å². The van der Waals surface area contributed by atoms with E-state index in [0.29, 0.717) is 11.3 Å². The lowest BCUT2D eigenvalue weighted by atomic mass is 10.1. The van der Waals surface area contributed by atoms with Crippen molar-refractivity contribution >= 4 is 21.6 Å². The Morgan fingerprint density at radius 1 is 0.938 bits per heavy atom. The number of hydrogen-bond donors (Lipinski definition) is 2. The molecule has 0 bridgehead atoms. The van der Waals surface area contributed by atoms with Gasteiger partial charge in [0.25, 0.3) is 5.91 Å². The van der Waals surface area contributed by atoms with E-state index in [1.807, 2.05) is 6.92 Å². The lowest BCUT2D eigenvalue weighted by Gasteiger charge is -2.17. The molecule has 1 amide bonds. The molecule has 7 nitrogen and oxygen atoms in total. The van der Waals surface area contributed by atoms with Crippen LogP contribution in [0.25, 0.3) is 0 Å². The molecule has 0 aliphatic heterocycles. The van der Waals surface area contributed by atoms with Gasteiger partial charge in [0.1, 0.15) is 5.75 Å². The van der Waals surface area contributed by atoms with Gasteiger partial charge in [-0.1, -0.05) is 29.8 Å². The number of hydrazone groups is 1. The Bertz CT molecular complexity index is 1220. The first-order valence-corrected chi connectivity index (χ1v) is 11.4. The Hall–Kier alpha value is -3.49. The molecule has 0 saturated heterocycles. The highest BCUT2D eigenvalue weighted by Gasteiger charge is 2.20. The fourth-order valence-electron chi connectivity index (χ4n) is 2.96. The van der Waals surface area contributed by atoms with Gasteiger partial charge >= 0.3 is 0 Å². The molecule has 3 aromatic rings. The minimum Gasteiger partial charge on any atom is -0.508 e. The van der Waals surface area contributed by atoms with Crippen LogP contribution < -0.4 is 5.43 Å². The molecule has 0 aliphatic rings. The fraction of sp³-hybridized carbons (Fsp3) is 0.167. The van der Waals surface area contributed by atoms with Crippen LogP contribution in [0.4, 0.5) is 0 Å². The number of carbonyl (C=O) groups is 1. The van der Waals surface area contributed by atoms with E-state index in [1.54, 1.807) is 79.7 Å². The molecule has 0 heterocycles. The summed E-state index contributed by atoms with van der Waals surface area (Å²) in [6, 6.07) is 19.9. The van der Waals surface area contributed by atoms with Gasteiger partial charge in [-0.3, -0.25) is 4.79 Å². The van der Waals surface area contributed by atoms with E-state index in [1.165, 1.54) is 11.4 Å². The number of aromatic hydroxyl groups is 1. The molecule has 166 valence electrons. The molecule has 32 heavy (non-hydrogen) atoms. The maximum atomic E-state index is 12.7. The average molecular weight is 452 g/mol. The van der Waals surface area contributed by atoms with Crippen molar-refractivity contribution in [2.75, 3.05) is 7.05 Å². The van der Waals surface area contributed by atoms with Gasteiger partial charge in [0, 0.05) is 19.2 Å². The summed E-state index contributed by atoms with van der Waals surface area (Å²) in [5.41, 5.74) is 6.02. The van der Waals surface area contributed by atoms with Crippen LogP contribution in [0.15, 0.2) is 82.8 Å². The first-order chi connectivity index (χ1) is 15.2. The van der Waals surface area contributed by atoms with Gasteiger partial charge in [-0.15, -0.1) is 0 Å². The largest absolute Gasteiger partial charge is 0.508 e. The molecule has 0 spiro atoms. The van der Waals surface area contributed by atoms with Gasteiger partial charge in [-0.2, -0.15) is 9.41 Å². The number of sulfonamides is 1. The second-order valence-electron chi connectivity index (χ2n) is 7.46. The summed E-state index contributed by atoms with van der Waals surface area (Å²) in [6.07, 6.45) is 0. The minimum atomic E-state index is -3.61. The van der Waals surface area contributed by atoms with Crippen LogP contribution in [0.3, 0.4) is 0 Å². The van der Waals surface area contributed by atoms with Gasteiger partial charge in [0.2, 0.25) is 10.0 Å². The summed E-state index contributed by atoms with van der Waals surface area (Å²) in [4.78, 5) is 12.6. The van der Waals surface area contributed by atoms with Crippen molar-refractivity contribution in [1.29, 1.82) is 0 Å². The Balaban J connectivity index is 1.64. The maximum absolute atomic E-state index is 12.7. The third-order valence-electron chi connectivity index (χ3n) is 4.96. The van der Waals surface area contributed by atoms with Crippen molar-refractivity contribution in [3.05, 3.63) is 95.1 Å². The lowest BCUT2D eigenvalue weighted by molar-refractivity contribution is 0.0955. The van der Waals surface area contributed by atoms with E-state index < -0.39 is 10.0 Å². The molecule has 0 radical (unpaired) electrons. The number of amides is 1. The monoisotopic (exact) mass is 451 g/mol. The summed E-state index contributed by atoms with van der Waals surface area (Å²) >= 11 is 0. The van der Waals surface area contributed by atoms with Crippen LogP contribution in [0.2, 0.25) is 0 Å². The van der Waals surface area contributed by atoms with E-state index >= 15 is 0 Å². The van der Waals surface area contributed by atoms with E-state index in [9.17, 15) is 18.3 Å². The Kier molecular flexibility index (Phi) is 7.07. The highest BCUT2D eigenvalue weighted by molar-refractivity contribution is 7.89. The smallest absolute Gasteiger partial charge is 0.271 e. The van der Waals surface area contributed by atoms with E-state index in [4.69, 9.17) is 0 Å². The first-order valence-electron chi connectivity index (χ1n) is 9.93. The molecular formula is C24H25N3O4S. The molecule has 3 rings (SSSR count). The Morgan fingerprint density at radius 3 is 2.09 bits per heavy atom. The van der Waals surface area contributed by atoms with Gasteiger partial charge in [-0.05, 0) is 73.5 Å². The van der Waals surface area contributed by atoms with Crippen molar-refractivity contribution in [3.63, 3.8) is 0 Å². The second kappa shape index (κ2) is 9.76. The Labute approximate surface area is 188 Å². The molecule has 3 aromatic carbocycles. The van der Waals surface area contributed by atoms with Gasteiger partial charge in [-0.25, -0.2) is 13.8 Å². The zero-order chi connectivity index (χ0) is 23.3. The number of benzene rings is 3. The summed E-state index contributed by atoms with van der Waals surface area (Å²) < 4.78 is 26.8. The average Bonchev–Trinajstić information content (AvgIpc) is 2.78. The van der Waals surface area contributed by atoms with Gasteiger partial charge in [0.15, 0.2) is 0 Å².